The summed E-state index contributed by atoms with van der Waals surface area (Å²) < 4.78 is 23.8. The van der Waals surface area contributed by atoms with Crippen LogP contribution in [0.3, 0.4) is 0 Å². The number of para-hydroxylation sites is 1. The second-order valence-electron chi connectivity index (χ2n) is 4.02. The summed E-state index contributed by atoms with van der Waals surface area (Å²) >= 11 is 0. The molecule has 2 aromatic carbocycles. The van der Waals surface area contributed by atoms with Gasteiger partial charge in [-0.25, -0.2) is 4.39 Å². The highest BCUT2D eigenvalue weighted by Crippen LogP contribution is 2.31. The number of anilines is 1. The zero-order valence-corrected chi connectivity index (χ0v) is 10.7. The molecule has 2 aromatic rings. The maximum Gasteiger partial charge on any atom is 0.248 e. The molecule has 0 atom stereocenters. The fraction of sp³-hybridized carbons (Fsp3) is 0.0714. The smallest absolute Gasteiger partial charge is 0.248 e. The first kappa shape index (κ1) is 13.7. The molecule has 1 amide bonds. The number of nitrogen functional groups attached to an aromatic ring is 1. The summed E-state index contributed by atoms with van der Waals surface area (Å²) in [5.41, 5.74) is 10.9. The third kappa shape index (κ3) is 2.80. The minimum atomic E-state index is -0.624. The lowest BCUT2D eigenvalue weighted by Crippen LogP contribution is -2.11. The quantitative estimate of drug-likeness (QED) is 0.839. The minimum Gasteiger partial charge on any atom is -0.497 e. The Balaban J connectivity index is 2.40. The summed E-state index contributed by atoms with van der Waals surface area (Å²) in [5, 5.41) is 0. The van der Waals surface area contributed by atoms with Crippen molar-refractivity contribution in [2.24, 2.45) is 5.73 Å². The SMILES string of the molecule is COc1cc(Oc2cccc(F)c2N)cc(C(N)=O)c1. The van der Waals surface area contributed by atoms with Crippen LogP contribution in [0.1, 0.15) is 10.4 Å². The third-order valence-corrected chi connectivity index (χ3v) is 2.64. The maximum atomic E-state index is 13.3. The molecule has 0 fully saturated rings. The van der Waals surface area contributed by atoms with Crippen LogP contribution in [-0.4, -0.2) is 13.0 Å². The normalized spacial score (nSPS) is 10.1. The molecule has 0 spiro atoms. The summed E-state index contributed by atoms with van der Waals surface area (Å²) in [7, 11) is 1.44. The van der Waals surface area contributed by atoms with Crippen molar-refractivity contribution in [3.8, 4) is 17.2 Å². The molecular formula is C14H13FN2O3. The summed E-state index contributed by atoms with van der Waals surface area (Å²) in [5.74, 6) is -0.392. The van der Waals surface area contributed by atoms with Crippen molar-refractivity contribution in [1.82, 2.24) is 0 Å². The van der Waals surface area contributed by atoms with Crippen LogP contribution in [0.5, 0.6) is 17.2 Å². The van der Waals surface area contributed by atoms with Gasteiger partial charge in [0.1, 0.15) is 23.0 Å². The van der Waals surface area contributed by atoms with Crippen LogP contribution in [0.2, 0.25) is 0 Å². The van der Waals surface area contributed by atoms with Gasteiger partial charge >= 0.3 is 0 Å². The van der Waals surface area contributed by atoms with Crippen LogP contribution in [0, 0.1) is 5.82 Å². The van der Waals surface area contributed by atoms with E-state index in [9.17, 15) is 9.18 Å². The lowest BCUT2D eigenvalue weighted by Gasteiger charge is -2.11. The molecule has 5 nitrogen and oxygen atoms in total. The van der Waals surface area contributed by atoms with E-state index in [4.69, 9.17) is 20.9 Å². The Bertz CT molecular complexity index is 659. The molecule has 0 saturated carbocycles. The average Bonchev–Trinajstić information content (AvgIpc) is 2.43. The Hall–Kier alpha value is -2.76. The van der Waals surface area contributed by atoms with Crippen LogP contribution >= 0.6 is 0 Å². The Labute approximate surface area is 114 Å². The van der Waals surface area contributed by atoms with E-state index in [0.29, 0.717) is 5.75 Å². The Kier molecular flexibility index (Phi) is 3.74. The molecule has 6 heteroatoms. The van der Waals surface area contributed by atoms with Gasteiger partial charge in [-0.05, 0) is 24.3 Å². The second kappa shape index (κ2) is 5.48. The standard InChI is InChI=1S/C14H13FN2O3/c1-19-9-5-8(14(17)18)6-10(7-9)20-12-4-2-3-11(15)13(12)16/h2-7H,16H2,1H3,(H2,17,18). The number of hydrogen-bond donors (Lipinski definition) is 2. The van der Waals surface area contributed by atoms with Crippen LogP contribution in [-0.2, 0) is 0 Å². The summed E-state index contributed by atoms with van der Waals surface area (Å²) in [4.78, 5) is 11.2. The number of amides is 1. The molecule has 0 aromatic heterocycles. The molecule has 0 aliphatic carbocycles. The topological polar surface area (TPSA) is 87.6 Å². The summed E-state index contributed by atoms with van der Waals surface area (Å²) in [6.07, 6.45) is 0. The van der Waals surface area contributed by atoms with Gasteiger partial charge in [0.15, 0.2) is 5.75 Å². The molecule has 2 rings (SSSR count). The molecule has 0 bridgehead atoms. The lowest BCUT2D eigenvalue weighted by molar-refractivity contribution is 0.0999. The summed E-state index contributed by atoms with van der Waals surface area (Å²) in [6.45, 7) is 0. The molecule has 0 heterocycles. The van der Waals surface area contributed by atoms with E-state index in [1.54, 1.807) is 0 Å². The van der Waals surface area contributed by atoms with Crippen LogP contribution < -0.4 is 20.9 Å². The van der Waals surface area contributed by atoms with Gasteiger partial charge in [0.05, 0.1) is 7.11 Å². The number of hydrogen-bond acceptors (Lipinski definition) is 4. The molecule has 0 radical (unpaired) electrons. The molecule has 0 unspecified atom stereocenters. The van der Waals surface area contributed by atoms with Crippen LogP contribution in [0.4, 0.5) is 10.1 Å². The zero-order valence-electron chi connectivity index (χ0n) is 10.7. The Morgan fingerprint density at radius 3 is 2.55 bits per heavy atom. The van der Waals surface area contributed by atoms with Gasteiger partial charge in [-0.1, -0.05) is 6.07 Å². The number of halogens is 1. The van der Waals surface area contributed by atoms with Crippen molar-refractivity contribution in [2.75, 3.05) is 12.8 Å². The van der Waals surface area contributed by atoms with E-state index >= 15 is 0 Å². The monoisotopic (exact) mass is 276 g/mol. The Morgan fingerprint density at radius 2 is 1.90 bits per heavy atom. The fourth-order valence-corrected chi connectivity index (χ4v) is 1.62. The number of rotatable bonds is 4. The summed E-state index contributed by atoms with van der Waals surface area (Å²) in [6, 6.07) is 8.65. The first-order valence-electron chi connectivity index (χ1n) is 5.72. The van der Waals surface area contributed by atoms with E-state index in [1.165, 1.54) is 43.5 Å². The first-order chi connectivity index (χ1) is 9.51. The highest BCUT2D eigenvalue weighted by molar-refractivity contribution is 5.93. The lowest BCUT2D eigenvalue weighted by atomic mass is 10.2. The number of methoxy groups -OCH3 is 1. The van der Waals surface area contributed by atoms with Crippen molar-refractivity contribution < 1.29 is 18.7 Å². The molecule has 20 heavy (non-hydrogen) atoms. The molecule has 4 N–H and O–H groups in total. The molecule has 0 saturated heterocycles. The number of primary amides is 1. The molecule has 104 valence electrons. The van der Waals surface area contributed by atoms with Gasteiger partial charge in [-0.3, -0.25) is 4.79 Å². The molecule has 0 aliphatic rings. The van der Waals surface area contributed by atoms with Crippen LogP contribution in [0.25, 0.3) is 0 Å². The second-order valence-corrected chi connectivity index (χ2v) is 4.02. The molecular weight excluding hydrogens is 263 g/mol. The van der Waals surface area contributed by atoms with E-state index in [-0.39, 0.29) is 22.7 Å². The van der Waals surface area contributed by atoms with E-state index in [0.717, 1.165) is 0 Å². The van der Waals surface area contributed by atoms with E-state index in [2.05, 4.69) is 0 Å². The first-order valence-corrected chi connectivity index (χ1v) is 5.72. The number of carbonyl (C=O) groups excluding carboxylic acids is 1. The number of nitrogens with two attached hydrogens (primary N) is 2. The van der Waals surface area contributed by atoms with Gasteiger partial charge in [0, 0.05) is 11.6 Å². The predicted octanol–water partition coefficient (Wildman–Crippen LogP) is 2.31. The van der Waals surface area contributed by atoms with Crippen molar-refractivity contribution in [1.29, 1.82) is 0 Å². The highest BCUT2D eigenvalue weighted by Gasteiger charge is 2.10. The molecule has 0 aliphatic heterocycles. The highest BCUT2D eigenvalue weighted by atomic mass is 19.1. The van der Waals surface area contributed by atoms with Crippen LogP contribution in [0.15, 0.2) is 36.4 Å². The predicted molar refractivity (Wildman–Crippen MR) is 72.4 cm³/mol. The van der Waals surface area contributed by atoms with E-state index in [1.807, 2.05) is 0 Å². The van der Waals surface area contributed by atoms with Gasteiger partial charge in [-0.2, -0.15) is 0 Å². The van der Waals surface area contributed by atoms with Crippen molar-refractivity contribution in [3.05, 3.63) is 47.8 Å². The van der Waals surface area contributed by atoms with E-state index < -0.39 is 11.7 Å². The number of benzene rings is 2. The zero-order chi connectivity index (χ0) is 14.7. The van der Waals surface area contributed by atoms with Gasteiger partial charge in [-0.15, -0.1) is 0 Å². The number of ether oxygens (including phenoxy) is 2. The Morgan fingerprint density at radius 1 is 1.20 bits per heavy atom. The average molecular weight is 276 g/mol. The van der Waals surface area contributed by atoms with Gasteiger partial charge in [0.25, 0.3) is 0 Å². The minimum absolute atomic E-state index is 0.115. The third-order valence-electron chi connectivity index (χ3n) is 2.64. The largest absolute Gasteiger partial charge is 0.497 e. The fourth-order valence-electron chi connectivity index (χ4n) is 1.62. The van der Waals surface area contributed by atoms with Crippen molar-refractivity contribution >= 4 is 11.6 Å². The van der Waals surface area contributed by atoms with Gasteiger partial charge < -0.3 is 20.9 Å². The van der Waals surface area contributed by atoms with Crippen molar-refractivity contribution in [3.63, 3.8) is 0 Å². The maximum absolute atomic E-state index is 13.3. The van der Waals surface area contributed by atoms with Gasteiger partial charge in [0.2, 0.25) is 5.91 Å². The number of carbonyl (C=O) groups is 1. The van der Waals surface area contributed by atoms with Crippen molar-refractivity contribution in [2.45, 2.75) is 0 Å².